The van der Waals surface area contributed by atoms with E-state index in [4.69, 9.17) is 0 Å². The Kier molecular flexibility index (Phi) is 6.28. The second kappa shape index (κ2) is 9.13. The van der Waals surface area contributed by atoms with Crippen molar-refractivity contribution in [1.82, 2.24) is 9.88 Å². The Balaban J connectivity index is 1.16. The van der Waals surface area contributed by atoms with Gasteiger partial charge in [0.15, 0.2) is 5.78 Å². The van der Waals surface area contributed by atoms with Gasteiger partial charge in [0, 0.05) is 50.1 Å². The molecule has 202 valence electrons. The van der Waals surface area contributed by atoms with Gasteiger partial charge in [-0.1, -0.05) is 19.9 Å². The zero-order chi connectivity index (χ0) is 26.0. The van der Waals surface area contributed by atoms with Crippen molar-refractivity contribution in [3.05, 3.63) is 24.4 Å². The minimum absolute atomic E-state index is 0.00829. The molecule has 1 aromatic rings. The Bertz CT molecular complexity index is 1040. The minimum Gasteiger partial charge on any atom is -0.393 e. The summed E-state index contributed by atoms with van der Waals surface area (Å²) in [7, 11) is 0. The van der Waals surface area contributed by atoms with E-state index in [0.29, 0.717) is 18.8 Å². The summed E-state index contributed by atoms with van der Waals surface area (Å²) >= 11 is 0. The van der Waals surface area contributed by atoms with Gasteiger partial charge < -0.3 is 15.1 Å². The number of carbonyl (C=O) groups is 2. The summed E-state index contributed by atoms with van der Waals surface area (Å²) in [6, 6.07) is 5.92. The van der Waals surface area contributed by atoms with E-state index < -0.39 is 11.0 Å². The molecule has 5 fully saturated rings. The van der Waals surface area contributed by atoms with Gasteiger partial charge in [-0.3, -0.25) is 14.5 Å². The maximum Gasteiger partial charge on any atom is 0.178 e. The fourth-order valence-electron chi connectivity index (χ4n) is 9.52. The summed E-state index contributed by atoms with van der Waals surface area (Å²) in [5, 5.41) is 22.3. The minimum atomic E-state index is -1.43. The van der Waals surface area contributed by atoms with E-state index in [9.17, 15) is 19.8 Å². The van der Waals surface area contributed by atoms with E-state index in [1.165, 1.54) is 0 Å². The van der Waals surface area contributed by atoms with Gasteiger partial charge in [0.05, 0.1) is 12.6 Å². The molecule has 2 heterocycles. The zero-order valence-electron chi connectivity index (χ0n) is 22.4. The number of rotatable bonds is 4. The highest BCUT2D eigenvalue weighted by atomic mass is 16.3. The third-order valence-corrected chi connectivity index (χ3v) is 11.7. The molecule has 37 heavy (non-hydrogen) atoms. The van der Waals surface area contributed by atoms with Crippen LogP contribution in [0.25, 0.3) is 0 Å². The molecular formula is C30H43N3O4. The summed E-state index contributed by atoms with van der Waals surface area (Å²) in [4.78, 5) is 36.5. The molecule has 0 bridgehead atoms. The normalized spacial score (nSPS) is 44.2. The fourth-order valence-corrected chi connectivity index (χ4v) is 9.52. The Morgan fingerprint density at radius 3 is 2.59 bits per heavy atom. The van der Waals surface area contributed by atoms with Crippen LogP contribution in [0, 0.1) is 34.5 Å². The van der Waals surface area contributed by atoms with Crippen LogP contribution in [0.4, 0.5) is 5.82 Å². The molecule has 1 aliphatic heterocycles. The van der Waals surface area contributed by atoms with Crippen molar-refractivity contribution < 1.29 is 19.8 Å². The Labute approximate surface area is 220 Å². The molecule has 0 radical (unpaired) electrons. The Morgan fingerprint density at radius 2 is 1.86 bits per heavy atom. The molecule has 2 N–H and O–H groups in total. The Morgan fingerprint density at radius 1 is 1.08 bits per heavy atom. The van der Waals surface area contributed by atoms with Gasteiger partial charge in [-0.25, -0.2) is 4.98 Å². The van der Waals surface area contributed by atoms with Gasteiger partial charge in [-0.05, 0) is 80.2 Å². The second-order valence-electron chi connectivity index (χ2n) is 13.3. The molecule has 0 aromatic carbocycles. The molecule has 0 spiro atoms. The highest BCUT2D eigenvalue weighted by molar-refractivity contribution is 5.93. The number of anilines is 1. The summed E-state index contributed by atoms with van der Waals surface area (Å²) in [6.07, 6.45) is 7.68. The predicted octanol–water partition coefficient (Wildman–Crippen LogP) is 3.09. The third-order valence-electron chi connectivity index (χ3n) is 11.7. The SMILES string of the molecule is C[C@]12CC[C@@H](O)C[C@@H]1CC[C@@H]1[C@@H]2C(=O)C[C@@]2(C)[C@H]1CC[C@]2(O)C(=O)CN1CCN(c2ccccn2)CC1. The number of aliphatic hydroxyl groups is 2. The summed E-state index contributed by atoms with van der Waals surface area (Å²) in [5.41, 5.74) is -2.18. The van der Waals surface area contributed by atoms with E-state index in [-0.39, 0.29) is 47.4 Å². The number of aromatic nitrogens is 1. The number of piperazine rings is 1. The topological polar surface area (TPSA) is 94.0 Å². The first-order chi connectivity index (χ1) is 17.7. The van der Waals surface area contributed by atoms with Crippen LogP contribution < -0.4 is 4.90 Å². The van der Waals surface area contributed by atoms with Crippen molar-refractivity contribution in [3.8, 4) is 0 Å². The fraction of sp³-hybridized carbons (Fsp3) is 0.767. The number of pyridine rings is 1. The van der Waals surface area contributed by atoms with Gasteiger partial charge in [0.1, 0.15) is 17.2 Å². The number of carbonyl (C=O) groups excluding carboxylic acids is 2. The number of nitrogens with zero attached hydrogens (tertiary/aromatic N) is 3. The monoisotopic (exact) mass is 509 g/mol. The van der Waals surface area contributed by atoms with Crippen molar-refractivity contribution in [2.75, 3.05) is 37.6 Å². The number of fused-ring (bicyclic) bond motifs is 5. The molecule has 5 aliphatic rings. The van der Waals surface area contributed by atoms with E-state index in [1.54, 1.807) is 6.20 Å². The highest BCUT2D eigenvalue weighted by Gasteiger charge is 2.69. The number of aliphatic hydroxyl groups excluding tert-OH is 1. The molecular weight excluding hydrogens is 466 g/mol. The van der Waals surface area contributed by atoms with E-state index in [2.05, 4.69) is 21.7 Å². The second-order valence-corrected chi connectivity index (χ2v) is 13.3. The van der Waals surface area contributed by atoms with Crippen molar-refractivity contribution in [3.63, 3.8) is 0 Å². The largest absolute Gasteiger partial charge is 0.393 e. The first kappa shape index (κ1) is 25.4. The molecule has 1 aromatic heterocycles. The molecule has 0 amide bonds. The van der Waals surface area contributed by atoms with Crippen LogP contribution in [-0.2, 0) is 9.59 Å². The summed E-state index contributed by atoms with van der Waals surface area (Å²) < 4.78 is 0. The van der Waals surface area contributed by atoms with Crippen LogP contribution in [0.2, 0.25) is 0 Å². The molecule has 4 saturated carbocycles. The molecule has 1 saturated heterocycles. The lowest BCUT2D eigenvalue weighted by Crippen LogP contribution is -2.63. The molecule has 4 aliphatic carbocycles. The highest BCUT2D eigenvalue weighted by Crippen LogP contribution is 2.67. The molecule has 0 unspecified atom stereocenters. The molecule has 6 rings (SSSR count). The van der Waals surface area contributed by atoms with Crippen molar-refractivity contribution in [1.29, 1.82) is 0 Å². The van der Waals surface area contributed by atoms with Gasteiger partial charge in [-0.15, -0.1) is 0 Å². The number of hydrogen-bond donors (Lipinski definition) is 2. The number of Topliss-reactive ketones (excluding diaryl/α,β-unsaturated/α-hetero) is 2. The van der Waals surface area contributed by atoms with Gasteiger partial charge in [-0.2, -0.15) is 0 Å². The van der Waals surface area contributed by atoms with Crippen LogP contribution in [0.5, 0.6) is 0 Å². The number of ketones is 2. The smallest absolute Gasteiger partial charge is 0.178 e. The third kappa shape index (κ3) is 3.90. The average molecular weight is 510 g/mol. The maximum atomic E-state index is 13.9. The lowest BCUT2D eigenvalue weighted by atomic mass is 9.44. The van der Waals surface area contributed by atoms with E-state index in [1.807, 2.05) is 25.1 Å². The average Bonchev–Trinajstić information content (AvgIpc) is 3.16. The molecule has 7 nitrogen and oxygen atoms in total. The van der Waals surface area contributed by atoms with Crippen LogP contribution in [0.3, 0.4) is 0 Å². The quantitative estimate of drug-likeness (QED) is 0.644. The summed E-state index contributed by atoms with van der Waals surface area (Å²) in [6.45, 7) is 7.70. The zero-order valence-corrected chi connectivity index (χ0v) is 22.4. The predicted molar refractivity (Wildman–Crippen MR) is 141 cm³/mol. The maximum absolute atomic E-state index is 13.9. The van der Waals surface area contributed by atoms with Crippen LogP contribution in [-0.4, -0.2) is 76.1 Å². The van der Waals surface area contributed by atoms with Crippen molar-refractivity contribution in [2.24, 2.45) is 34.5 Å². The van der Waals surface area contributed by atoms with Crippen LogP contribution in [0.1, 0.15) is 65.2 Å². The van der Waals surface area contributed by atoms with Crippen molar-refractivity contribution >= 4 is 17.4 Å². The molecule has 8 atom stereocenters. The molecule has 7 heteroatoms. The van der Waals surface area contributed by atoms with Crippen molar-refractivity contribution in [2.45, 2.75) is 76.9 Å². The van der Waals surface area contributed by atoms with Crippen LogP contribution >= 0.6 is 0 Å². The van der Waals surface area contributed by atoms with Gasteiger partial charge in [0.25, 0.3) is 0 Å². The first-order valence-electron chi connectivity index (χ1n) is 14.5. The van der Waals surface area contributed by atoms with E-state index >= 15 is 0 Å². The Hall–Kier alpha value is -1.83. The summed E-state index contributed by atoms with van der Waals surface area (Å²) in [5.74, 6) is 1.97. The lowest BCUT2D eigenvalue weighted by Gasteiger charge is -2.60. The van der Waals surface area contributed by atoms with Gasteiger partial charge >= 0.3 is 0 Å². The standard InChI is InChI=1S/C30H43N3O4/c1-28-10-8-21(34)17-20(28)6-7-22-23-9-11-30(37,29(23,2)18-24(35)27(22)28)25(36)19-32-13-15-33(16-14-32)26-5-3-4-12-31-26/h3-5,12,20-23,27,34,37H,6-11,13-19H2,1-2H3/t20-,21+,22-,23-,27+,28-,29-,30-/m0/s1. The van der Waals surface area contributed by atoms with Crippen LogP contribution in [0.15, 0.2) is 24.4 Å². The first-order valence-corrected chi connectivity index (χ1v) is 14.5. The lowest BCUT2D eigenvalue weighted by molar-refractivity contribution is -0.179. The number of hydrogen-bond acceptors (Lipinski definition) is 7. The van der Waals surface area contributed by atoms with E-state index in [0.717, 1.165) is 70.5 Å². The van der Waals surface area contributed by atoms with Gasteiger partial charge in [0.2, 0.25) is 0 Å².